The molecule has 26 heavy (non-hydrogen) atoms. The number of guanidine groups is 1. The SMILES string of the molecule is N=C(N)c1ccc2cc(-c3cc(N=C(N)N)ccc3C(=O)O)ccc2c1. The molecule has 0 fully saturated rings. The molecule has 0 aliphatic heterocycles. The van der Waals surface area contributed by atoms with Crippen LogP contribution in [-0.2, 0) is 0 Å². The van der Waals surface area contributed by atoms with Crippen molar-refractivity contribution in [3.05, 3.63) is 65.7 Å². The third-order valence-electron chi connectivity index (χ3n) is 3.95. The Labute approximate surface area is 149 Å². The van der Waals surface area contributed by atoms with Gasteiger partial charge in [-0.25, -0.2) is 9.79 Å². The van der Waals surface area contributed by atoms with Crippen LogP contribution in [0.1, 0.15) is 15.9 Å². The van der Waals surface area contributed by atoms with Crippen molar-refractivity contribution in [1.29, 1.82) is 5.41 Å². The van der Waals surface area contributed by atoms with Crippen molar-refractivity contribution in [3.63, 3.8) is 0 Å². The molecule has 0 saturated heterocycles. The Balaban J connectivity index is 2.18. The zero-order chi connectivity index (χ0) is 18.8. The molecule has 7 nitrogen and oxygen atoms in total. The van der Waals surface area contributed by atoms with Gasteiger partial charge in [-0.2, -0.15) is 0 Å². The number of hydrogen-bond acceptors (Lipinski definition) is 3. The Morgan fingerprint density at radius 3 is 2.27 bits per heavy atom. The van der Waals surface area contributed by atoms with Gasteiger partial charge >= 0.3 is 5.97 Å². The van der Waals surface area contributed by atoms with E-state index in [0.717, 1.165) is 16.3 Å². The molecule has 0 heterocycles. The Morgan fingerprint density at radius 1 is 0.923 bits per heavy atom. The summed E-state index contributed by atoms with van der Waals surface area (Å²) in [6, 6.07) is 15.6. The molecular weight excluding hydrogens is 330 g/mol. The number of aromatic carboxylic acids is 1. The van der Waals surface area contributed by atoms with Gasteiger partial charge in [0.1, 0.15) is 5.84 Å². The summed E-state index contributed by atoms with van der Waals surface area (Å²) >= 11 is 0. The fourth-order valence-electron chi connectivity index (χ4n) is 2.76. The number of benzene rings is 3. The van der Waals surface area contributed by atoms with Crippen LogP contribution in [0.3, 0.4) is 0 Å². The van der Waals surface area contributed by atoms with Gasteiger partial charge in [0.2, 0.25) is 0 Å². The summed E-state index contributed by atoms with van der Waals surface area (Å²) in [4.78, 5) is 15.6. The molecule has 8 N–H and O–H groups in total. The smallest absolute Gasteiger partial charge is 0.336 e. The molecule has 3 aromatic carbocycles. The van der Waals surface area contributed by atoms with Gasteiger partial charge < -0.3 is 22.3 Å². The number of carboxylic acids is 1. The van der Waals surface area contributed by atoms with E-state index in [1.807, 2.05) is 30.3 Å². The molecule has 0 atom stereocenters. The molecule has 0 radical (unpaired) electrons. The second kappa shape index (κ2) is 6.56. The lowest BCUT2D eigenvalue weighted by molar-refractivity contribution is 0.0698. The molecule has 0 spiro atoms. The van der Waals surface area contributed by atoms with E-state index in [1.165, 1.54) is 6.07 Å². The molecule has 3 aromatic rings. The standard InChI is InChI=1S/C19H17N5O2/c20-17(21)13-4-2-10-7-12(3-1-11(10)8-13)16-9-14(24-19(22)23)5-6-15(16)18(25)26/h1-9H,(H3,20,21)(H,25,26)(H4,22,23,24). The second-order valence-electron chi connectivity index (χ2n) is 5.76. The van der Waals surface area contributed by atoms with Crippen molar-refractivity contribution >= 4 is 34.2 Å². The normalized spacial score (nSPS) is 10.5. The topological polar surface area (TPSA) is 152 Å². The Morgan fingerprint density at radius 2 is 1.62 bits per heavy atom. The monoisotopic (exact) mass is 347 g/mol. The number of carbonyl (C=O) groups is 1. The zero-order valence-corrected chi connectivity index (χ0v) is 13.7. The van der Waals surface area contributed by atoms with Crippen molar-refractivity contribution in [2.75, 3.05) is 0 Å². The molecule has 7 heteroatoms. The lowest BCUT2D eigenvalue weighted by atomic mass is 9.96. The number of aliphatic imine (C=N–C) groups is 1. The zero-order valence-electron chi connectivity index (χ0n) is 13.7. The first-order valence-corrected chi connectivity index (χ1v) is 7.71. The van der Waals surface area contributed by atoms with Crippen LogP contribution in [-0.4, -0.2) is 22.9 Å². The van der Waals surface area contributed by atoms with Gasteiger partial charge in [-0.3, -0.25) is 5.41 Å². The first-order chi connectivity index (χ1) is 12.3. The van der Waals surface area contributed by atoms with Crippen LogP contribution in [0.15, 0.2) is 59.6 Å². The van der Waals surface area contributed by atoms with Crippen molar-refractivity contribution in [1.82, 2.24) is 0 Å². The van der Waals surface area contributed by atoms with Crippen LogP contribution in [0.25, 0.3) is 21.9 Å². The molecular formula is C19H17N5O2. The fraction of sp³-hybridized carbons (Fsp3) is 0. The van der Waals surface area contributed by atoms with Crippen LogP contribution >= 0.6 is 0 Å². The van der Waals surface area contributed by atoms with Crippen molar-refractivity contribution in [2.45, 2.75) is 0 Å². The third kappa shape index (κ3) is 3.32. The van der Waals surface area contributed by atoms with E-state index in [9.17, 15) is 9.90 Å². The maximum absolute atomic E-state index is 11.6. The Kier molecular flexibility index (Phi) is 4.28. The van der Waals surface area contributed by atoms with E-state index >= 15 is 0 Å². The quantitative estimate of drug-likeness (QED) is 0.362. The van der Waals surface area contributed by atoms with Gasteiger partial charge in [0.15, 0.2) is 5.96 Å². The summed E-state index contributed by atoms with van der Waals surface area (Å²) in [7, 11) is 0. The van der Waals surface area contributed by atoms with Crippen molar-refractivity contribution in [3.8, 4) is 11.1 Å². The lowest BCUT2D eigenvalue weighted by Gasteiger charge is -2.10. The molecule has 0 aliphatic carbocycles. The van der Waals surface area contributed by atoms with E-state index in [4.69, 9.17) is 22.6 Å². The van der Waals surface area contributed by atoms with Gasteiger partial charge in [0, 0.05) is 5.56 Å². The van der Waals surface area contributed by atoms with Gasteiger partial charge in [-0.15, -0.1) is 0 Å². The highest BCUT2D eigenvalue weighted by Gasteiger charge is 2.13. The molecule has 0 bridgehead atoms. The van der Waals surface area contributed by atoms with Crippen LogP contribution in [0.4, 0.5) is 5.69 Å². The van der Waals surface area contributed by atoms with Crippen molar-refractivity contribution < 1.29 is 9.90 Å². The summed E-state index contributed by atoms with van der Waals surface area (Å²) in [5, 5.41) is 18.8. The molecule has 130 valence electrons. The minimum atomic E-state index is -1.04. The molecule has 0 aliphatic rings. The van der Waals surface area contributed by atoms with E-state index in [1.54, 1.807) is 18.2 Å². The first kappa shape index (κ1) is 17.0. The predicted octanol–water partition coefficient (Wildman–Crippen LogP) is 2.39. The maximum atomic E-state index is 11.6. The number of nitrogens with one attached hydrogen (secondary N) is 1. The second-order valence-corrected chi connectivity index (χ2v) is 5.76. The van der Waals surface area contributed by atoms with Crippen LogP contribution in [0.2, 0.25) is 0 Å². The average molecular weight is 347 g/mol. The lowest BCUT2D eigenvalue weighted by Crippen LogP contribution is -2.21. The number of nitrogen functional groups attached to an aromatic ring is 1. The highest BCUT2D eigenvalue weighted by atomic mass is 16.4. The first-order valence-electron chi connectivity index (χ1n) is 7.71. The van der Waals surface area contributed by atoms with E-state index in [-0.39, 0.29) is 17.4 Å². The number of nitrogens with two attached hydrogens (primary N) is 3. The van der Waals surface area contributed by atoms with Crippen LogP contribution < -0.4 is 17.2 Å². The predicted molar refractivity (Wildman–Crippen MR) is 103 cm³/mol. The maximum Gasteiger partial charge on any atom is 0.336 e. The largest absolute Gasteiger partial charge is 0.478 e. The molecule has 0 amide bonds. The van der Waals surface area contributed by atoms with Gasteiger partial charge in [0.05, 0.1) is 11.3 Å². The number of hydrogen-bond donors (Lipinski definition) is 5. The average Bonchev–Trinajstić information content (AvgIpc) is 2.60. The Bertz CT molecular complexity index is 1070. The van der Waals surface area contributed by atoms with Gasteiger partial charge in [-0.1, -0.05) is 24.3 Å². The Hall–Kier alpha value is -3.87. The number of nitrogens with zero attached hydrogens (tertiary/aromatic N) is 1. The third-order valence-corrected chi connectivity index (χ3v) is 3.95. The summed E-state index contributed by atoms with van der Waals surface area (Å²) < 4.78 is 0. The molecule has 3 rings (SSSR count). The fourth-order valence-corrected chi connectivity index (χ4v) is 2.76. The minimum Gasteiger partial charge on any atom is -0.478 e. The molecule has 0 unspecified atom stereocenters. The molecule has 0 saturated carbocycles. The van der Waals surface area contributed by atoms with E-state index in [0.29, 0.717) is 16.8 Å². The highest BCUT2D eigenvalue weighted by Crippen LogP contribution is 2.31. The number of fused-ring (bicyclic) bond motifs is 1. The molecule has 0 aromatic heterocycles. The minimum absolute atomic E-state index is 0.00549. The van der Waals surface area contributed by atoms with Gasteiger partial charge in [-0.05, 0) is 52.2 Å². The van der Waals surface area contributed by atoms with Crippen molar-refractivity contribution in [2.24, 2.45) is 22.2 Å². The van der Waals surface area contributed by atoms with Gasteiger partial charge in [0.25, 0.3) is 0 Å². The van der Waals surface area contributed by atoms with Crippen LogP contribution in [0, 0.1) is 5.41 Å². The highest BCUT2D eigenvalue weighted by molar-refractivity contribution is 6.01. The van der Waals surface area contributed by atoms with Crippen LogP contribution in [0.5, 0.6) is 0 Å². The number of rotatable bonds is 4. The number of carboxylic acid groups (broad SMARTS) is 1. The van der Waals surface area contributed by atoms with E-state index in [2.05, 4.69) is 4.99 Å². The summed E-state index contributed by atoms with van der Waals surface area (Å²) in [6.07, 6.45) is 0. The summed E-state index contributed by atoms with van der Waals surface area (Å²) in [5.74, 6) is -1.15. The number of amidine groups is 1. The van der Waals surface area contributed by atoms with E-state index < -0.39 is 5.97 Å². The summed E-state index contributed by atoms with van der Waals surface area (Å²) in [5.41, 5.74) is 18.8. The summed E-state index contributed by atoms with van der Waals surface area (Å²) in [6.45, 7) is 0.